The molecule has 1 aliphatic carbocycles. The zero-order chi connectivity index (χ0) is 9.10. The number of aromatic nitrogens is 2. The predicted molar refractivity (Wildman–Crippen MR) is 52.1 cm³/mol. The van der Waals surface area contributed by atoms with Crippen molar-refractivity contribution < 1.29 is 4.74 Å². The topological polar surface area (TPSA) is 35.0 Å². The molecule has 0 bridgehead atoms. The minimum Gasteiger partial charge on any atom is -0.469 e. The zero-order valence-electron chi connectivity index (χ0n) is 7.82. The van der Waals surface area contributed by atoms with Gasteiger partial charge >= 0.3 is 0 Å². The van der Waals surface area contributed by atoms with Crippen LogP contribution in [0.2, 0.25) is 0 Å². The average Bonchev–Trinajstić information content (AvgIpc) is 2.71. The van der Waals surface area contributed by atoms with Gasteiger partial charge in [0.05, 0.1) is 6.61 Å². The van der Waals surface area contributed by atoms with Crippen LogP contribution in [-0.4, -0.2) is 16.8 Å². The van der Waals surface area contributed by atoms with Crippen molar-refractivity contribution >= 4 is 11.3 Å². The molecule has 2 rings (SSSR count). The minimum atomic E-state index is 0.726. The third-order valence-corrected chi connectivity index (χ3v) is 3.18. The van der Waals surface area contributed by atoms with Crippen molar-refractivity contribution in [2.45, 2.75) is 32.6 Å². The fourth-order valence-electron chi connectivity index (χ4n) is 1.70. The molecule has 1 fully saturated rings. The van der Waals surface area contributed by atoms with E-state index in [0.717, 1.165) is 22.7 Å². The van der Waals surface area contributed by atoms with Gasteiger partial charge in [-0.25, -0.2) is 0 Å². The lowest BCUT2D eigenvalue weighted by molar-refractivity contribution is 0.249. The van der Waals surface area contributed by atoms with Crippen molar-refractivity contribution in [2.24, 2.45) is 5.92 Å². The summed E-state index contributed by atoms with van der Waals surface area (Å²) in [6, 6.07) is 0. The summed E-state index contributed by atoms with van der Waals surface area (Å²) in [4.78, 5) is 0. The van der Waals surface area contributed by atoms with Crippen molar-refractivity contribution in [3.05, 3.63) is 5.01 Å². The van der Waals surface area contributed by atoms with E-state index >= 15 is 0 Å². The molecule has 1 aromatic rings. The van der Waals surface area contributed by atoms with Gasteiger partial charge in [-0.1, -0.05) is 24.2 Å². The molecule has 72 valence electrons. The summed E-state index contributed by atoms with van der Waals surface area (Å²) >= 11 is 1.53. The third-order valence-electron chi connectivity index (χ3n) is 2.42. The van der Waals surface area contributed by atoms with E-state index in [2.05, 4.69) is 10.2 Å². The lowest BCUT2D eigenvalue weighted by Crippen LogP contribution is -2.07. The van der Waals surface area contributed by atoms with Crippen LogP contribution in [0.3, 0.4) is 0 Å². The second kappa shape index (κ2) is 4.05. The van der Waals surface area contributed by atoms with Gasteiger partial charge in [-0.2, -0.15) is 0 Å². The average molecular weight is 198 g/mol. The molecular weight excluding hydrogens is 184 g/mol. The fraction of sp³-hybridized carbons (Fsp3) is 0.778. The third kappa shape index (κ3) is 2.40. The van der Waals surface area contributed by atoms with Crippen LogP contribution in [0.4, 0.5) is 0 Å². The van der Waals surface area contributed by atoms with Crippen LogP contribution in [0, 0.1) is 12.8 Å². The molecule has 0 amide bonds. The van der Waals surface area contributed by atoms with Gasteiger partial charge in [-0.15, -0.1) is 10.2 Å². The van der Waals surface area contributed by atoms with Gasteiger partial charge in [-0.3, -0.25) is 0 Å². The Morgan fingerprint density at radius 2 is 2.15 bits per heavy atom. The highest BCUT2D eigenvalue weighted by Gasteiger charge is 2.16. The number of hydrogen-bond donors (Lipinski definition) is 0. The van der Waals surface area contributed by atoms with E-state index in [0.29, 0.717) is 0 Å². The standard InChI is InChI=1S/C9H14N2OS/c1-7-10-11-9(13-7)12-6-8-4-2-3-5-8/h8H,2-6H2,1H3. The van der Waals surface area contributed by atoms with Crippen molar-refractivity contribution in [1.29, 1.82) is 0 Å². The first-order chi connectivity index (χ1) is 6.34. The van der Waals surface area contributed by atoms with Crippen LogP contribution < -0.4 is 4.74 Å². The van der Waals surface area contributed by atoms with Crippen molar-refractivity contribution in [1.82, 2.24) is 10.2 Å². The van der Waals surface area contributed by atoms with Crippen LogP contribution in [0.15, 0.2) is 0 Å². The Bertz CT molecular complexity index is 268. The zero-order valence-corrected chi connectivity index (χ0v) is 8.64. The summed E-state index contributed by atoms with van der Waals surface area (Å²) in [5.74, 6) is 0.754. The molecule has 0 unspecified atom stereocenters. The van der Waals surface area contributed by atoms with Gasteiger partial charge < -0.3 is 4.74 Å². The molecule has 0 spiro atoms. The van der Waals surface area contributed by atoms with Gasteiger partial charge in [-0.05, 0) is 25.7 Å². The van der Waals surface area contributed by atoms with Gasteiger partial charge in [0.2, 0.25) is 0 Å². The van der Waals surface area contributed by atoms with Crippen molar-refractivity contribution in [3.8, 4) is 5.19 Å². The molecule has 0 aliphatic heterocycles. The molecule has 0 saturated heterocycles. The van der Waals surface area contributed by atoms with Gasteiger partial charge in [0.25, 0.3) is 5.19 Å². The molecule has 0 atom stereocenters. The molecule has 1 aromatic heterocycles. The number of nitrogens with zero attached hydrogens (tertiary/aromatic N) is 2. The van der Waals surface area contributed by atoms with E-state index < -0.39 is 0 Å². The Morgan fingerprint density at radius 1 is 1.38 bits per heavy atom. The summed E-state index contributed by atoms with van der Waals surface area (Å²) in [6.07, 6.45) is 5.36. The Hall–Kier alpha value is -0.640. The molecular formula is C9H14N2OS. The van der Waals surface area contributed by atoms with E-state index in [1.165, 1.54) is 37.0 Å². The lowest BCUT2D eigenvalue weighted by atomic mass is 10.1. The molecule has 13 heavy (non-hydrogen) atoms. The molecule has 0 radical (unpaired) electrons. The highest BCUT2D eigenvalue weighted by molar-refractivity contribution is 7.12. The minimum absolute atomic E-state index is 0.726. The predicted octanol–water partition coefficient (Wildman–Crippen LogP) is 2.42. The quantitative estimate of drug-likeness (QED) is 0.748. The highest BCUT2D eigenvalue weighted by Crippen LogP contribution is 2.26. The molecule has 0 N–H and O–H groups in total. The second-order valence-corrected chi connectivity index (χ2v) is 4.69. The maximum atomic E-state index is 5.56. The van der Waals surface area contributed by atoms with Crippen LogP contribution in [0.5, 0.6) is 5.19 Å². The first-order valence-corrected chi connectivity index (χ1v) is 5.59. The summed E-state index contributed by atoms with van der Waals surface area (Å²) in [5.41, 5.74) is 0. The first-order valence-electron chi connectivity index (χ1n) is 4.77. The lowest BCUT2D eigenvalue weighted by Gasteiger charge is -2.07. The number of aryl methyl sites for hydroxylation is 1. The summed E-state index contributed by atoms with van der Waals surface area (Å²) in [7, 11) is 0. The van der Waals surface area contributed by atoms with Crippen LogP contribution in [-0.2, 0) is 0 Å². The van der Waals surface area contributed by atoms with Crippen LogP contribution in [0.1, 0.15) is 30.7 Å². The van der Waals surface area contributed by atoms with E-state index in [4.69, 9.17) is 4.74 Å². The van der Waals surface area contributed by atoms with E-state index in [1.54, 1.807) is 0 Å². The summed E-state index contributed by atoms with van der Waals surface area (Å²) < 4.78 is 5.56. The summed E-state index contributed by atoms with van der Waals surface area (Å²) in [6.45, 7) is 2.77. The molecule has 4 heteroatoms. The SMILES string of the molecule is Cc1nnc(OCC2CCCC2)s1. The van der Waals surface area contributed by atoms with Gasteiger partial charge in [0.15, 0.2) is 0 Å². The number of hydrogen-bond acceptors (Lipinski definition) is 4. The molecule has 1 heterocycles. The fourth-order valence-corrected chi connectivity index (χ4v) is 2.25. The first kappa shape index (κ1) is 8.94. The summed E-state index contributed by atoms with van der Waals surface area (Å²) in [5, 5.41) is 9.53. The monoisotopic (exact) mass is 198 g/mol. The second-order valence-electron chi connectivity index (χ2n) is 3.55. The Labute approximate surface area is 82.1 Å². The van der Waals surface area contributed by atoms with E-state index in [1.807, 2.05) is 6.92 Å². The van der Waals surface area contributed by atoms with Crippen LogP contribution >= 0.6 is 11.3 Å². The van der Waals surface area contributed by atoms with Crippen molar-refractivity contribution in [2.75, 3.05) is 6.61 Å². The van der Waals surface area contributed by atoms with Crippen LogP contribution in [0.25, 0.3) is 0 Å². The van der Waals surface area contributed by atoms with E-state index in [-0.39, 0.29) is 0 Å². The number of ether oxygens (including phenoxy) is 1. The molecule has 0 aromatic carbocycles. The van der Waals surface area contributed by atoms with Crippen molar-refractivity contribution in [3.63, 3.8) is 0 Å². The normalized spacial score (nSPS) is 17.9. The Balaban J connectivity index is 1.78. The number of rotatable bonds is 3. The van der Waals surface area contributed by atoms with Gasteiger partial charge in [0.1, 0.15) is 5.01 Å². The Kier molecular flexibility index (Phi) is 2.78. The maximum Gasteiger partial charge on any atom is 0.294 e. The highest BCUT2D eigenvalue weighted by atomic mass is 32.1. The van der Waals surface area contributed by atoms with E-state index in [9.17, 15) is 0 Å². The molecule has 3 nitrogen and oxygen atoms in total. The smallest absolute Gasteiger partial charge is 0.294 e. The molecule has 1 saturated carbocycles. The molecule has 1 aliphatic rings. The largest absolute Gasteiger partial charge is 0.469 e. The maximum absolute atomic E-state index is 5.56. The van der Waals surface area contributed by atoms with Gasteiger partial charge in [0, 0.05) is 0 Å². The Morgan fingerprint density at radius 3 is 2.77 bits per heavy atom.